The first-order valence-corrected chi connectivity index (χ1v) is 6.57. The van der Waals surface area contributed by atoms with E-state index in [1.54, 1.807) is 12.1 Å². The summed E-state index contributed by atoms with van der Waals surface area (Å²) < 4.78 is 26.1. The summed E-state index contributed by atoms with van der Waals surface area (Å²) in [7, 11) is 0. The van der Waals surface area contributed by atoms with Gasteiger partial charge in [0.2, 0.25) is 0 Å². The van der Waals surface area contributed by atoms with Crippen LogP contribution in [0.3, 0.4) is 0 Å². The zero-order valence-electron chi connectivity index (χ0n) is 10.5. The van der Waals surface area contributed by atoms with E-state index in [4.69, 9.17) is 11.6 Å². The average Bonchev–Trinajstić information content (AvgIpc) is 2.47. The Morgan fingerprint density at radius 1 is 1.21 bits per heavy atom. The van der Waals surface area contributed by atoms with Gasteiger partial charge in [-0.05, 0) is 48.1 Å². The van der Waals surface area contributed by atoms with Gasteiger partial charge in [-0.2, -0.15) is 0 Å². The predicted molar refractivity (Wildman–Crippen MR) is 72.7 cm³/mol. The first-order chi connectivity index (χ1) is 9.14. The van der Waals surface area contributed by atoms with Crippen LogP contribution in [0.15, 0.2) is 29.8 Å². The Bertz CT molecular complexity index is 489. The summed E-state index contributed by atoms with van der Waals surface area (Å²) in [6, 6.07) is 7.16. The summed E-state index contributed by atoms with van der Waals surface area (Å²) in [5, 5.41) is 0.620. The van der Waals surface area contributed by atoms with Crippen molar-refractivity contribution >= 4 is 23.5 Å². The van der Waals surface area contributed by atoms with Gasteiger partial charge in [-0.25, -0.2) is 0 Å². The van der Waals surface area contributed by atoms with Crippen molar-refractivity contribution in [3.05, 3.63) is 40.4 Å². The molecule has 0 heterocycles. The maximum Gasteiger partial charge on any atom is 0.146 e. The van der Waals surface area contributed by atoms with Crippen molar-refractivity contribution in [1.29, 1.82) is 0 Å². The number of rotatable bonds is 4. The lowest BCUT2D eigenvalue weighted by molar-refractivity contribution is -0.105. The van der Waals surface area contributed by atoms with Crippen molar-refractivity contribution in [3.63, 3.8) is 0 Å². The normalized spacial score (nSPS) is 18.5. The standard InChI is InChI=1S/C15H15ClF2O/c16-13-3-1-11(2-4-13)14-5-6-15(9-17,10-18)7-12(14)8-19/h1-4,8H,5-7,9-10H2. The zero-order chi connectivity index (χ0) is 13.9. The second-order valence-corrected chi connectivity index (χ2v) is 5.51. The molecule has 1 aromatic carbocycles. The fourth-order valence-corrected chi connectivity index (χ4v) is 2.63. The van der Waals surface area contributed by atoms with Crippen LogP contribution in [0.2, 0.25) is 5.02 Å². The van der Waals surface area contributed by atoms with Crippen LogP contribution in [0, 0.1) is 5.41 Å². The molecule has 0 aliphatic heterocycles. The van der Waals surface area contributed by atoms with Gasteiger partial charge < -0.3 is 0 Å². The molecule has 0 atom stereocenters. The minimum atomic E-state index is -1.01. The molecule has 0 aromatic heterocycles. The fourth-order valence-electron chi connectivity index (χ4n) is 2.51. The molecule has 2 rings (SSSR count). The summed E-state index contributed by atoms with van der Waals surface area (Å²) in [6.45, 7) is -1.45. The van der Waals surface area contributed by atoms with Crippen LogP contribution in [0.1, 0.15) is 24.8 Å². The molecular weight excluding hydrogens is 270 g/mol. The average molecular weight is 285 g/mol. The lowest BCUT2D eigenvalue weighted by atomic mass is 9.72. The number of allylic oxidation sites excluding steroid dienone is 2. The van der Waals surface area contributed by atoms with Crippen LogP contribution in [-0.2, 0) is 4.79 Å². The van der Waals surface area contributed by atoms with E-state index in [0.717, 1.165) is 17.4 Å². The molecule has 0 radical (unpaired) electrons. The third-order valence-corrected chi connectivity index (χ3v) is 4.01. The van der Waals surface area contributed by atoms with Crippen LogP contribution in [0.25, 0.3) is 5.57 Å². The largest absolute Gasteiger partial charge is 0.298 e. The summed E-state index contributed by atoms with van der Waals surface area (Å²) in [6.07, 6.45) is 1.84. The molecule has 1 aromatic rings. The number of halogens is 3. The molecule has 0 fully saturated rings. The Hall–Kier alpha value is -1.22. The van der Waals surface area contributed by atoms with Crippen molar-refractivity contribution in [2.75, 3.05) is 13.3 Å². The number of carbonyl (C=O) groups excluding carboxylic acids is 1. The van der Waals surface area contributed by atoms with Gasteiger partial charge in [0.25, 0.3) is 0 Å². The maximum atomic E-state index is 13.0. The number of aldehydes is 1. The van der Waals surface area contributed by atoms with Gasteiger partial charge in [0, 0.05) is 10.4 Å². The first-order valence-electron chi connectivity index (χ1n) is 6.19. The summed E-state index contributed by atoms with van der Waals surface area (Å²) in [5.74, 6) is 0. The Balaban J connectivity index is 2.36. The molecule has 0 bridgehead atoms. The molecular formula is C15H15ClF2O. The molecule has 4 heteroatoms. The molecule has 1 nitrogen and oxygen atoms in total. The quantitative estimate of drug-likeness (QED) is 0.749. The smallest absolute Gasteiger partial charge is 0.146 e. The minimum absolute atomic E-state index is 0.168. The van der Waals surface area contributed by atoms with Crippen LogP contribution < -0.4 is 0 Å². The molecule has 102 valence electrons. The van der Waals surface area contributed by atoms with Gasteiger partial charge in [0.15, 0.2) is 0 Å². The third kappa shape index (κ3) is 2.86. The Morgan fingerprint density at radius 3 is 2.37 bits per heavy atom. The summed E-state index contributed by atoms with van der Waals surface area (Å²) >= 11 is 5.83. The van der Waals surface area contributed by atoms with E-state index in [2.05, 4.69) is 0 Å². The Morgan fingerprint density at radius 2 is 1.84 bits per heavy atom. The van der Waals surface area contributed by atoms with Gasteiger partial charge in [0.05, 0.1) is 13.3 Å². The van der Waals surface area contributed by atoms with Crippen molar-refractivity contribution in [2.24, 2.45) is 5.41 Å². The molecule has 0 spiro atoms. The van der Waals surface area contributed by atoms with Crippen LogP contribution in [0.4, 0.5) is 8.78 Å². The van der Waals surface area contributed by atoms with E-state index >= 15 is 0 Å². The van der Waals surface area contributed by atoms with Gasteiger partial charge in [-0.15, -0.1) is 0 Å². The van der Waals surface area contributed by atoms with Gasteiger partial charge in [-0.3, -0.25) is 13.6 Å². The number of hydrogen-bond donors (Lipinski definition) is 0. The molecule has 1 aliphatic rings. The second kappa shape index (κ2) is 5.83. The highest BCUT2D eigenvalue weighted by Gasteiger charge is 2.36. The van der Waals surface area contributed by atoms with Crippen molar-refractivity contribution < 1.29 is 13.6 Å². The highest BCUT2D eigenvalue weighted by atomic mass is 35.5. The molecule has 1 aliphatic carbocycles. The van der Waals surface area contributed by atoms with E-state index in [0.29, 0.717) is 23.4 Å². The number of benzene rings is 1. The topological polar surface area (TPSA) is 17.1 Å². The van der Waals surface area contributed by atoms with E-state index in [9.17, 15) is 13.6 Å². The first kappa shape index (κ1) is 14.2. The molecule has 0 N–H and O–H groups in total. The molecule has 0 amide bonds. The highest BCUT2D eigenvalue weighted by molar-refractivity contribution is 6.30. The highest BCUT2D eigenvalue weighted by Crippen LogP contribution is 2.43. The van der Waals surface area contributed by atoms with Crippen molar-refractivity contribution in [1.82, 2.24) is 0 Å². The van der Waals surface area contributed by atoms with E-state index in [1.807, 2.05) is 12.1 Å². The Kier molecular flexibility index (Phi) is 4.35. The van der Waals surface area contributed by atoms with Gasteiger partial charge >= 0.3 is 0 Å². The van der Waals surface area contributed by atoms with Crippen LogP contribution in [-0.4, -0.2) is 19.6 Å². The van der Waals surface area contributed by atoms with E-state index in [1.165, 1.54) is 0 Å². The minimum Gasteiger partial charge on any atom is -0.298 e. The lowest BCUT2D eigenvalue weighted by Crippen LogP contribution is -2.30. The van der Waals surface area contributed by atoms with E-state index < -0.39 is 18.8 Å². The summed E-state index contributed by atoms with van der Waals surface area (Å²) in [5.41, 5.74) is 1.28. The maximum absolute atomic E-state index is 13.0. The van der Waals surface area contributed by atoms with Gasteiger partial charge in [0.1, 0.15) is 6.29 Å². The monoisotopic (exact) mass is 284 g/mol. The second-order valence-electron chi connectivity index (χ2n) is 5.07. The predicted octanol–water partition coefficient (Wildman–Crippen LogP) is 4.40. The van der Waals surface area contributed by atoms with Crippen LogP contribution >= 0.6 is 11.6 Å². The Labute approximate surface area is 116 Å². The molecule has 0 saturated carbocycles. The third-order valence-electron chi connectivity index (χ3n) is 3.76. The number of alkyl halides is 2. The van der Waals surface area contributed by atoms with E-state index in [-0.39, 0.29) is 6.42 Å². The SMILES string of the molecule is O=CC1=C(c2ccc(Cl)cc2)CCC(CF)(CF)C1. The van der Waals surface area contributed by atoms with Crippen molar-refractivity contribution in [3.8, 4) is 0 Å². The molecule has 0 saturated heterocycles. The number of carbonyl (C=O) groups is 1. The number of hydrogen-bond acceptors (Lipinski definition) is 1. The lowest BCUT2D eigenvalue weighted by Gasteiger charge is -2.33. The molecule has 19 heavy (non-hydrogen) atoms. The van der Waals surface area contributed by atoms with Gasteiger partial charge in [-0.1, -0.05) is 23.7 Å². The zero-order valence-corrected chi connectivity index (χ0v) is 11.2. The van der Waals surface area contributed by atoms with Crippen molar-refractivity contribution in [2.45, 2.75) is 19.3 Å². The van der Waals surface area contributed by atoms with Crippen LogP contribution in [0.5, 0.6) is 0 Å². The molecule has 0 unspecified atom stereocenters. The fraction of sp³-hybridized carbons (Fsp3) is 0.400. The summed E-state index contributed by atoms with van der Waals surface area (Å²) in [4.78, 5) is 11.2.